The summed E-state index contributed by atoms with van der Waals surface area (Å²) in [5.41, 5.74) is 0.965. The van der Waals surface area contributed by atoms with Crippen molar-refractivity contribution in [2.75, 3.05) is 19.4 Å². The molecule has 0 fully saturated rings. The SMILES string of the molecule is CNC(C(=O)NC(C(=O)N(C)C(/C=C(\C)C(=O)O)C(C)C)C(C)(C)C)C(C)(C)c1cccc(NC(C)C)c1. The maximum atomic E-state index is 13.8. The zero-order valence-electron chi connectivity index (χ0n) is 25.4. The highest BCUT2D eigenvalue weighted by Crippen LogP contribution is 2.31. The van der Waals surface area contributed by atoms with Crippen molar-refractivity contribution in [3.63, 3.8) is 0 Å². The van der Waals surface area contributed by atoms with Gasteiger partial charge in [-0.15, -0.1) is 0 Å². The van der Waals surface area contributed by atoms with E-state index in [0.29, 0.717) is 0 Å². The maximum Gasteiger partial charge on any atom is 0.331 e. The molecule has 214 valence electrons. The maximum absolute atomic E-state index is 13.8. The smallest absolute Gasteiger partial charge is 0.331 e. The Morgan fingerprint density at radius 1 is 1.00 bits per heavy atom. The Kier molecular flexibility index (Phi) is 11.6. The summed E-state index contributed by atoms with van der Waals surface area (Å²) in [4.78, 5) is 40.6. The molecule has 0 radical (unpaired) electrons. The molecule has 0 saturated carbocycles. The molecule has 0 aromatic heterocycles. The number of carboxylic acid groups (broad SMARTS) is 1. The molecule has 0 heterocycles. The second-order valence-corrected chi connectivity index (χ2v) is 12.5. The van der Waals surface area contributed by atoms with Crippen LogP contribution in [0.3, 0.4) is 0 Å². The minimum atomic E-state index is -1.02. The van der Waals surface area contributed by atoms with E-state index in [1.165, 1.54) is 6.92 Å². The summed E-state index contributed by atoms with van der Waals surface area (Å²) in [6.07, 6.45) is 1.60. The molecule has 8 nitrogen and oxygen atoms in total. The van der Waals surface area contributed by atoms with Gasteiger partial charge in [0, 0.05) is 29.8 Å². The van der Waals surface area contributed by atoms with Crippen molar-refractivity contribution in [3.8, 4) is 0 Å². The van der Waals surface area contributed by atoms with Gasteiger partial charge in [0.2, 0.25) is 11.8 Å². The number of aliphatic carboxylic acids is 1. The van der Waals surface area contributed by atoms with Gasteiger partial charge in [0.15, 0.2) is 0 Å². The van der Waals surface area contributed by atoms with Gasteiger partial charge in [-0.2, -0.15) is 0 Å². The van der Waals surface area contributed by atoms with E-state index in [2.05, 4.69) is 35.9 Å². The van der Waals surface area contributed by atoms with E-state index in [4.69, 9.17) is 0 Å². The third-order valence-corrected chi connectivity index (χ3v) is 6.97. The largest absolute Gasteiger partial charge is 0.478 e. The third kappa shape index (κ3) is 8.58. The lowest BCUT2D eigenvalue weighted by Gasteiger charge is -2.40. The van der Waals surface area contributed by atoms with E-state index in [1.807, 2.05) is 66.7 Å². The van der Waals surface area contributed by atoms with E-state index in [0.717, 1.165) is 11.3 Å². The number of amides is 2. The standard InChI is InChI=1S/C30H50N4O4/c1-18(2)23(16-20(5)28(37)38)34(12)27(36)25(29(6,7)8)33-26(35)24(31-11)30(9,10)21-14-13-15-22(17-21)32-19(3)4/h13-19,23-25,31-32H,1-12H3,(H,33,35)(H,37,38)/b20-16+. The van der Waals surface area contributed by atoms with Gasteiger partial charge in [0.25, 0.3) is 0 Å². The topological polar surface area (TPSA) is 111 Å². The van der Waals surface area contributed by atoms with Crippen LogP contribution in [0.1, 0.15) is 74.8 Å². The molecule has 38 heavy (non-hydrogen) atoms. The highest BCUT2D eigenvalue weighted by atomic mass is 16.4. The van der Waals surface area contributed by atoms with Crippen molar-refractivity contribution < 1.29 is 19.5 Å². The van der Waals surface area contributed by atoms with E-state index >= 15 is 0 Å². The van der Waals surface area contributed by atoms with Crippen LogP contribution in [-0.2, 0) is 19.8 Å². The van der Waals surface area contributed by atoms with Crippen LogP contribution in [0.25, 0.3) is 0 Å². The van der Waals surface area contributed by atoms with Gasteiger partial charge in [-0.25, -0.2) is 4.79 Å². The predicted molar refractivity (Wildman–Crippen MR) is 155 cm³/mol. The van der Waals surface area contributed by atoms with Crippen LogP contribution in [0.5, 0.6) is 0 Å². The van der Waals surface area contributed by atoms with Gasteiger partial charge >= 0.3 is 5.97 Å². The van der Waals surface area contributed by atoms with Crippen LogP contribution < -0.4 is 16.0 Å². The van der Waals surface area contributed by atoms with E-state index in [1.54, 1.807) is 25.1 Å². The van der Waals surface area contributed by atoms with E-state index in [-0.39, 0.29) is 29.3 Å². The van der Waals surface area contributed by atoms with Crippen molar-refractivity contribution >= 4 is 23.5 Å². The van der Waals surface area contributed by atoms with Crippen LogP contribution >= 0.6 is 0 Å². The number of nitrogens with zero attached hydrogens (tertiary/aromatic N) is 1. The summed E-state index contributed by atoms with van der Waals surface area (Å²) in [5.74, 6) is -1.59. The van der Waals surface area contributed by atoms with Gasteiger partial charge in [0.05, 0.1) is 12.1 Å². The minimum Gasteiger partial charge on any atom is -0.478 e. The summed E-state index contributed by atoms with van der Waals surface area (Å²) in [5, 5.41) is 19.0. The molecule has 1 aromatic carbocycles. The first kappa shape index (κ1) is 33.2. The number of carboxylic acids is 1. The fourth-order valence-corrected chi connectivity index (χ4v) is 4.63. The van der Waals surface area contributed by atoms with Crippen molar-refractivity contribution in [2.24, 2.45) is 11.3 Å². The van der Waals surface area contributed by atoms with E-state index < -0.39 is 34.9 Å². The van der Waals surface area contributed by atoms with Crippen LogP contribution in [0, 0.1) is 11.3 Å². The van der Waals surface area contributed by atoms with Gasteiger partial charge in [-0.1, -0.05) is 66.7 Å². The second kappa shape index (κ2) is 13.3. The Morgan fingerprint density at radius 3 is 2.03 bits per heavy atom. The first-order valence-electron chi connectivity index (χ1n) is 13.4. The number of benzene rings is 1. The average Bonchev–Trinajstić information content (AvgIpc) is 2.78. The van der Waals surface area contributed by atoms with Crippen LogP contribution in [0.2, 0.25) is 0 Å². The number of carbonyl (C=O) groups is 3. The molecule has 0 aliphatic heterocycles. The summed E-state index contributed by atoms with van der Waals surface area (Å²) in [6.45, 7) is 19.3. The Morgan fingerprint density at radius 2 is 1.58 bits per heavy atom. The monoisotopic (exact) mass is 530 g/mol. The molecule has 0 saturated heterocycles. The third-order valence-electron chi connectivity index (χ3n) is 6.97. The highest BCUT2D eigenvalue weighted by molar-refractivity contribution is 5.91. The minimum absolute atomic E-state index is 0.0229. The fourth-order valence-electron chi connectivity index (χ4n) is 4.63. The van der Waals surface area contributed by atoms with Crippen LogP contribution in [0.15, 0.2) is 35.9 Å². The number of rotatable bonds is 12. The number of hydrogen-bond donors (Lipinski definition) is 4. The quantitative estimate of drug-likeness (QED) is 0.298. The summed E-state index contributed by atoms with van der Waals surface area (Å²) < 4.78 is 0. The summed E-state index contributed by atoms with van der Waals surface area (Å²) in [7, 11) is 3.41. The van der Waals surface area contributed by atoms with E-state index in [9.17, 15) is 19.5 Å². The van der Waals surface area contributed by atoms with Crippen molar-refractivity contribution in [3.05, 3.63) is 41.5 Å². The Bertz CT molecular complexity index is 1010. The molecule has 0 bridgehead atoms. The number of hydrogen-bond acceptors (Lipinski definition) is 5. The van der Waals surface area contributed by atoms with Crippen LogP contribution in [0.4, 0.5) is 5.69 Å². The van der Waals surface area contributed by atoms with Gasteiger partial charge in [0.1, 0.15) is 6.04 Å². The molecular weight excluding hydrogens is 480 g/mol. The molecule has 4 N–H and O–H groups in total. The molecule has 3 unspecified atom stereocenters. The van der Waals surface area contributed by atoms with Gasteiger partial charge in [-0.05, 0) is 56.8 Å². The first-order chi connectivity index (χ1) is 17.3. The number of likely N-dealkylation sites (N-methyl/N-ethyl adjacent to an activating group) is 2. The molecule has 8 heteroatoms. The zero-order valence-corrected chi connectivity index (χ0v) is 25.4. The lowest BCUT2D eigenvalue weighted by Crippen LogP contribution is -2.61. The van der Waals surface area contributed by atoms with Gasteiger partial charge < -0.3 is 26.0 Å². The lowest BCUT2D eigenvalue weighted by molar-refractivity contribution is -0.141. The molecule has 0 aliphatic rings. The predicted octanol–water partition coefficient (Wildman–Crippen LogP) is 4.42. The normalized spacial score (nSPS) is 15.2. The summed E-state index contributed by atoms with van der Waals surface area (Å²) >= 11 is 0. The Hall–Kier alpha value is -2.87. The number of anilines is 1. The number of nitrogens with one attached hydrogen (secondary N) is 3. The lowest BCUT2D eigenvalue weighted by atomic mass is 9.76. The van der Waals surface area contributed by atoms with Crippen molar-refractivity contribution in [1.29, 1.82) is 0 Å². The van der Waals surface area contributed by atoms with Crippen molar-refractivity contribution in [2.45, 2.75) is 98.8 Å². The van der Waals surface area contributed by atoms with Crippen molar-refractivity contribution in [1.82, 2.24) is 15.5 Å². The fraction of sp³-hybridized carbons (Fsp3) is 0.633. The Balaban J connectivity index is 3.34. The Labute approximate surface area is 229 Å². The molecule has 0 spiro atoms. The molecule has 1 rings (SSSR count). The molecular formula is C30H50N4O4. The average molecular weight is 531 g/mol. The summed E-state index contributed by atoms with van der Waals surface area (Å²) in [6, 6.07) is 6.45. The first-order valence-corrected chi connectivity index (χ1v) is 13.4. The zero-order chi connectivity index (χ0) is 29.6. The molecule has 3 atom stereocenters. The van der Waals surface area contributed by atoms with Crippen LogP contribution in [-0.4, -0.2) is 66.1 Å². The number of carbonyl (C=O) groups excluding carboxylic acids is 2. The molecule has 2 amide bonds. The molecule has 0 aliphatic carbocycles. The molecule has 1 aromatic rings. The highest BCUT2D eigenvalue weighted by Gasteiger charge is 2.41. The van der Waals surface area contributed by atoms with Gasteiger partial charge in [-0.3, -0.25) is 9.59 Å². The second-order valence-electron chi connectivity index (χ2n) is 12.5.